The van der Waals surface area contributed by atoms with Crippen molar-refractivity contribution in [2.75, 3.05) is 43.4 Å². The van der Waals surface area contributed by atoms with E-state index in [9.17, 15) is 23.1 Å². The number of alkyl halides is 3. The summed E-state index contributed by atoms with van der Waals surface area (Å²) in [4.78, 5) is 24.4. The number of piperazine rings is 1. The third-order valence-corrected chi connectivity index (χ3v) is 4.94. The number of aryl methyl sites for hydroxylation is 1. The number of carbonyl (C=O) groups excluding carboxylic acids is 1. The molecule has 3 rings (SSSR count). The number of amides is 1. The summed E-state index contributed by atoms with van der Waals surface area (Å²) in [5, 5.41) is 12.6. The molecule has 0 aliphatic carbocycles. The van der Waals surface area contributed by atoms with E-state index in [4.69, 9.17) is 0 Å². The lowest BCUT2D eigenvalue weighted by atomic mass is 9.97. The van der Waals surface area contributed by atoms with Crippen molar-refractivity contribution < 1.29 is 23.1 Å². The molecule has 1 amide bonds. The summed E-state index contributed by atoms with van der Waals surface area (Å²) < 4.78 is 41.6. The molecule has 3 heterocycles. The van der Waals surface area contributed by atoms with E-state index in [0.717, 1.165) is 42.8 Å². The number of imidazole rings is 1. The molecular weight excluding hydrogens is 389 g/mol. The van der Waals surface area contributed by atoms with Gasteiger partial charge in [0.15, 0.2) is 5.82 Å². The lowest BCUT2D eigenvalue weighted by Crippen LogP contribution is -2.46. The van der Waals surface area contributed by atoms with Crippen LogP contribution >= 0.6 is 0 Å². The van der Waals surface area contributed by atoms with Gasteiger partial charge in [-0.25, -0.2) is 9.97 Å². The highest BCUT2D eigenvalue weighted by atomic mass is 19.4. The normalized spacial score (nSPS) is 17.8. The minimum absolute atomic E-state index is 0.247. The van der Waals surface area contributed by atoms with Crippen LogP contribution in [0, 0.1) is 0 Å². The average Bonchev–Trinajstić information content (AvgIpc) is 3.08. The molecule has 0 bridgehead atoms. The minimum atomic E-state index is -5.08. The van der Waals surface area contributed by atoms with Crippen molar-refractivity contribution >= 4 is 17.4 Å². The SMILES string of the molecule is CN1CCN(c2ccc(NC(=O)CC(O)(c3nccn3C)C(F)(F)F)cn2)CC1. The molecular formula is C18H23F3N6O2. The van der Waals surface area contributed by atoms with Gasteiger partial charge >= 0.3 is 6.18 Å². The third-order valence-electron chi connectivity index (χ3n) is 4.94. The zero-order valence-electron chi connectivity index (χ0n) is 16.1. The van der Waals surface area contributed by atoms with Gasteiger partial charge in [-0.1, -0.05) is 0 Å². The zero-order valence-corrected chi connectivity index (χ0v) is 16.1. The van der Waals surface area contributed by atoms with Crippen molar-refractivity contribution in [2.24, 2.45) is 7.05 Å². The second-order valence-corrected chi connectivity index (χ2v) is 7.14. The number of anilines is 2. The molecule has 2 aromatic rings. The van der Waals surface area contributed by atoms with Crippen LogP contribution in [0.4, 0.5) is 24.7 Å². The molecule has 11 heteroatoms. The molecule has 1 unspecified atom stereocenters. The molecule has 8 nitrogen and oxygen atoms in total. The van der Waals surface area contributed by atoms with Crippen LogP contribution in [-0.4, -0.2) is 69.9 Å². The number of aliphatic hydroxyl groups is 1. The molecule has 0 radical (unpaired) electrons. The van der Waals surface area contributed by atoms with Crippen molar-refractivity contribution in [3.8, 4) is 0 Å². The molecule has 2 aromatic heterocycles. The smallest absolute Gasteiger partial charge is 0.374 e. The average molecular weight is 412 g/mol. The first-order valence-corrected chi connectivity index (χ1v) is 9.06. The number of hydrogen-bond acceptors (Lipinski definition) is 6. The monoisotopic (exact) mass is 412 g/mol. The van der Waals surface area contributed by atoms with E-state index in [2.05, 4.69) is 25.1 Å². The molecule has 2 N–H and O–H groups in total. The Balaban J connectivity index is 1.68. The van der Waals surface area contributed by atoms with Gasteiger partial charge in [0.25, 0.3) is 0 Å². The minimum Gasteiger partial charge on any atom is -0.374 e. The molecule has 1 atom stereocenters. The van der Waals surface area contributed by atoms with Crippen LogP contribution in [-0.2, 0) is 17.4 Å². The number of nitrogens with one attached hydrogen (secondary N) is 1. The fourth-order valence-electron chi connectivity index (χ4n) is 3.19. The van der Waals surface area contributed by atoms with Crippen LogP contribution in [0.25, 0.3) is 0 Å². The van der Waals surface area contributed by atoms with E-state index in [1.165, 1.54) is 19.4 Å². The Bertz CT molecular complexity index is 846. The molecule has 0 spiro atoms. The number of carbonyl (C=O) groups is 1. The van der Waals surface area contributed by atoms with E-state index < -0.39 is 29.9 Å². The van der Waals surface area contributed by atoms with Gasteiger partial charge in [0.1, 0.15) is 5.82 Å². The first-order valence-electron chi connectivity index (χ1n) is 9.06. The molecule has 0 aromatic carbocycles. The quantitative estimate of drug-likeness (QED) is 0.771. The van der Waals surface area contributed by atoms with Gasteiger partial charge < -0.3 is 24.8 Å². The predicted molar refractivity (Wildman–Crippen MR) is 100 cm³/mol. The van der Waals surface area contributed by atoms with Gasteiger partial charge in [0, 0.05) is 45.6 Å². The summed E-state index contributed by atoms with van der Waals surface area (Å²) in [6.45, 7) is 3.45. The molecule has 158 valence electrons. The number of aromatic nitrogens is 3. The summed E-state index contributed by atoms with van der Waals surface area (Å²) in [7, 11) is 3.36. The van der Waals surface area contributed by atoms with Gasteiger partial charge in [0.2, 0.25) is 11.5 Å². The lowest BCUT2D eigenvalue weighted by Gasteiger charge is -2.33. The zero-order chi connectivity index (χ0) is 21.2. The number of likely N-dealkylation sites (N-methyl/N-ethyl adjacent to an activating group) is 1. The highest BCUT2D eigenvalue weighted by Crippen LogP contribution is 2.40. The Morgan fingerprint density at radius 1 is 1.17 bits per heavy atom. The number of nitrogens with zero attached hydrogens (tertiary/aromatic N) is 5. The van der Waals surface area contributed by atoms with Crippen LogP contribution in [0.2, 0.25) is 0 Å². The van der Waals surface area contributed by atoms with Crippen LogP contribution in [0.15, 0.2) is 30.7 Å². The van der Waals surface area contributed by atoms with E-state index in [0.29, 0.717) is 0 Å². The van der Waals surface area contributed by atoms with Crippen LogP contribution in [0.5, 0.6) is 0 Å². The molecule has 1 aliphatic heterocycles. The van der Waals surface area contributed by atoms with Crippen LogP contribution in [0.1, 0.15) is 12.2 Å². The van der Waals surface area contributed by atoms with Gasteiger partial charge in [-0.15, -0.1) is 0 Å². The Kier molecular flexibility index (Phi) is 5.80. The summed E-state index contributed by atoms with van der Waals surface area (Å²) in [6, 6.07) is 3.28. The highest BCUT2D eigenvalue weighted by Gasteiger charge is 2.58. The van der Waals surface area contributed by atoms with E-state index in [-0.39, 0.29) is 5.69 Å². The Labute approximate surface area is 166 Å². The molecule has 1 fully saturated rings. The van der Waals surface area contributed by atoms with Crippen LogP contribution < -0.4 is 10.2 Å². The summed E-state index contributed by atoms with van der Waals surface area (Å²) in [5.74, 6) is -0.915. The van der Waals surface area contributed by atoms with Gasteiger partial charge in [-0.3, -0.25) is 4.79 Å². The maximum atomic E-state index is 13.5. The lowest BCUT2D eigenvalue weighted by molar-refractivity contribution is -0.270. The van der Waals surface area contributed by atoms with Crippen LogP contribution in [0.3, 0.4) is 0 Å². The summed E-state index contributed by atoms with van der Waals surface area (Å²) >= 11 is 0. The van der Waals surface area contributed by atoms with Gasteiger partial charge in [0.05, 0.1) is 18.3 Å². The molecule has 29 heavy (non-hydrogen) atoms. The van der Waals surface area contributed by atoms with Gasteiger partial charge in [-0.05, 0) is 19.2 Å². The second-order valence-electron chi connectivity index (χ2n) is 7.14. The Hall–Kier alpha value is -2.66. The van der Waals surface area contributed by atoms with Crippen molar-refractivity contribution in [3.63, 3.8) is 0 Å². The van der Waals surface area contributed by atoms with E-state index in [1.807, 2.05) is 7.05 Å². The van der Waals surface area contributed by atoms with E-state index >= 15 is 0 Å². The molecule has 1 saturated heterocycles. The Morgan fingerprint density at radius 3 is 2.38 bits per heavy atom. The second kappa shape index (κ2) is 7.99. The number of hydrogen-bond donors (Lipinski definition) is 2. The van der Waals surface area contributed by atoms with Crippen molar-refractivity contribution in [3.05, 3.63) is 36.5 Å². The topological polar surface area (TPSA) is 86.5 Å². The van der Waals surface area contributed by atoms with Crippen molar-refractivity contribution in [2.45, 2.75) is 18.2 Å². The summed E-state index contributed by atoms with van der Waals surface area (Å²) in [6.07, 6.45) is -2.51. The first-order chi connectivity index (χ1) is 13.6. The predicted octanol–water partition coefficient (Wildman–Crippen LogP) is 1.35. The number of rotatable bonds is 5. The standard InChI is InChI=1S/C18H23F3N6O2/c1-25-7-9-27(10-8-25)14-4-3-13(12-23-14)24-15(28)11-17(29,18(19,20)21)16-22-5-6-26(16)2/h3-6,12,29H,7-11H2,1-2H3,(H,24,28). The van der Waals surface area contributed by atoms with Gasteiger partial charge in [-0.2, -0.15) is 13.2 Å². The van der Waals surface area contributed by atoms with Crippen molar-refractivity contribution in [1.82, 2.24) is 19.4 Å². The maximum absolute atomic E-state index is 13.5. The molecule has 0 saturated carbocycles. The fraction of sp³-hybridized carbons (Fsp3) is 0.500. The largest absolute Gasteiger partial charge is 0.425 e. The highest BCUT2D eigenvalue weighted by molar-refractivity contribution is 5.91. The maximum Gasteiger partial charge on any atom is 0.425 e. The van der Waals surface area contributed by atoms with E-state index in [1.54, 1.807) is 12.1 Å². The summed E-state index contributed by atoms with van der Waals surface area (Å²) in [5.41, 5.74) is -3.15. The molecule has 1 aliphatic rings. The Morgan fingerprint density at radius 2 is 1.86 bits per heavy atom. The fourth-order valence-corrected chi connectivity index (χ4v) is 3.19. The third kappa shape index (κ3) is 4.51. The first kappa shape index (κ1) is 21.1. The number of pyridine rings is 1. The van der Waals surface area contributed by atoms with Crippen molar-refractivity contribution in [1.29, 1.82) is 0 Å². The number of halogens is 3.